The zero-order valence-electron chi connectivity index (χ0n) is 10.5. The first kappa shape index (κ1) is 14.1. The number of rotatable bonds is 5. The first-order chi connectivity index (χ1) is 9.56. The molecule has 0 spiro atoms. The quantitative estimate of drug-likeness (QED) is 0.853. The maximum Gasteiger partial charge on any atom is 0.328 e. The van der Waals surface area contributed by atoms with E-state index in [4.69, 9.17) is 26.0 Å². The lowest BCUT2D eigenvalue weighted by Gasteiger charge is -2.08. The van der Waals surface area contributed by atoms with Gasteiger partial charge in [0.15, 0.2) is 6.61 Å². The van der Waals surface area contributed by atoms with E-state index in [1.54, 1.807) is 25.1 Å². The van der Waals surface area contributed by atoms with E-state index in [0.29, 0.717) is 28.1 Å². The summed E-state index contributed by atoms with van der Waals surface area (Å²) in [5.41, 5.74) is 0.483. The number of aliphatic carboxylic acids is 1. The number of carbonyl (C=O) groups is 1. The molecule has 2 rings (SSSR count). The van der Waals surface area contributed by atoms with E-state index in [1.165, 1.54) is 6.08 Å². The second-order valence-electron chi connectivity index (χ2n) is 3.84. The summed E-state index contributed by atoms with van der Waals surface area (Å²) in [4.78, 5) is 14.6. The number of hydrogen-bond acceptors (Lipinski definition) is 5. The Morgan fingerprint density at radius 3 is 3.00 bits per heavy atom. The number of carboxylic acids is 1. The monoisotopic (exact) mass is 294 g/mol. The van der Waals surface area contributed by atoms with Crippen LogP contribution in [0.2, 0.25) is 5.02 Å². The van der Waals surface area contributed by atoms with Gasteiger partial charge < -0.3 is 14.4 Å². The number of nitrogens with zero attached hydrogens (tertiary/aromatic N) is 2. The fraction of sp³-hybridized carbons (Fsp3) is 0.154. The molecule has 0 atom stereocenters. The fourth-order valence-electron chi connectivity index (χ4n) is 1.50. The number of ether oxygens (including phenoxy) is 1. The van der Waals surface area contributed by atoms with Crippen LogP contribution in [0.4, 0.5) is 0 Å². The van der Waals surface area contributed by atoms with Crippen LogP contribution in [0.15, 0.2) is 28.8 Å². The Morgan fingerprint density at radius 2 is 2.35 bits per heavy atom. The van der Waals surface area contributed by atoms with Crippen LogP contribution in [0.25, 0.3) is 6.08 Å². The zero-order valence-corrected chi connectivity index (χ0v) is 11.3. The van der Waals surface area contributed by atoms with Crippen molar-refractivity contribution in [3.63, 3.8) is 0 Å². The summed E-state index contributed by atoms with van der Waals surface area (Å²) in [6, 6.07) is 5.03. The number of benzene rings is 1. The van der Waals surface area contributed by atoms with E-state index >= 15 is 0 Å². The molecule has 1 aromatic heterocycles. The van der Waals surface area contributed by atoms with E-state index in [2.05, 4.69) is 10.1 Å². The maximum atomic E-state index is 10.6. The Bertz CT molecular complexity index is 652. The van der Waals surface area contributed by atoms with Crippen LogP contribution in [0.5, 0.6) is 5.75 Å². The van der Waals surface area contributed by atoms with Gasteiger partial charge in [0, 0.05) is 18.6 Å². The van der Waals surface area contributed by atoms with Crippen molar-refractivity contribution in [1.82, 2.24) is 10.1 Å². The van der Waals surface area contributed by atoms with Crippen LogP contribution in [0.1, 0.15) is 17.3 Å². The number of aryl methyl sites for hydroxylation is 1. The van der Waals surface area contributed by atoms with E-state index in [-0.39, 0.29) is 6.61 Å². The minimum atomic E-state index is -1.07. The van der Waals surface area contributed by atoms with Crippen LogP contribution in [-0.2, 0) is 11.4 Å². The zero-order chi connectivity index (χ0) is 14.5. The molecule has 0 amide bonds. The minimum absolute atomic E-state index is 0.103. The van der Waals surface area contributed by atoms with Gasteiger partial charge >= 0.3 is 5.97 Å². The highest BCUT2D eigenvalue weighted by atomic mass is 35.5. The summed E-state index contributed by atoms with van der Waals surface area (Å²) in [6.07, 6.45) is 2.37. The second kappa shape index (κ2) is 6.21. The minimum Gasteiger partial charge on any atom is -0.485 e. The van der Waals surface area contributed by atoms with Gasteiger partial charge in [0.25, 0.3) is 0 Å². The number of halogens is 1. The smallest absolute Gasteiger partial charge is 0.328 e. The highest BCUT2D eigenvalue weighted by molar-refractivity contribution is 6.32. The molecule has 0 bridgehead atoms. The Hall–Kier alpha value is -2.34. The number of hydrogen-bond donors (Lipinski definition) is 1. The summed E-state index contributed by atoms with van der Waals surface area (Å²) >= 11 is 6.02. The molecule has 0 aliphatic rings. The van der Waals surface area contributed by atoms with Gasteiger partial charge in [-0.3, -0.25) is 0 Å². The van der Waals surface area contributed by atoms with E-state index in [0.717, 1.165) is 6.08 Å². The predicted octanol–water partition coefficient (Wildman–Crippen LogP) is 2.71. The predicted molar refractivity (Wildman–Crippen MR) is 71.5 cm³/mol. The molecule has 1 aromatic carbocycles. The first-order valence-corrected chi connectivity index (χ1v) is 6.05. The highest BCUT2D eigenvalue weighted by Gasteiger charge is 2.08. The van der Waals surface area contributed by atoms with Crippen LogP contribution in [0, 0.1) is 6.92 Å². The summed E-state index contributed by atoms with van der Waals surface area (Å²) in [6.45, 7) is 1.78. The Morgan fingerprint density at radius 1 is 1.55 bits per heavy atom. The number of aromatic nitrogens is 2. The van der Waals surface area contributed by atoms with Crippen LogP contribution in [0.3, 0.4) is 0 Å². The lowest BCUT2D eigenvalue weighted by molar-refractivity contribution is -0.131. The molecule has 0 aliphatic carbocycles. The number of carboxylic acid groups (broad SMARTS) is 1. The molecule has 0 saturated heterocycles. The molecule has 0 radical (unpaired) electrons. The van der Waals surface area contributed by atoms with Crippen molar-refractivity contribution in [1.29, 1.82) is 0 Å². The summed E-state index contributed by atoms with van der Waals surface area (Å²) < 4.78 is 10.4. The normalized spacial score (nSPS) is 10.9. The molecule has 20 heavy (non-hydrogen) atoms. The first-order valence-electron chi connectivity index (χ1n) is 5.68. The molecule has 0 unspecified atom stereocenters. The van der Waals surface area contributed by atoms with Gasteiger partial charge in [0.2, 0.25) is 11.7 Å². The topological polar surface area (TPSA) is 85.5 Å². The van der Waals surface area contributed by atoms with Crippen molar-refractivity contribution in [3.8, 4) is 5.75 Å². The third-order valence-electron chi connectivity index (χ3n) is 2.33. The third-order valence-corrected chi connectivity index (χ3v) is 2.66. The van der Waals surface area contributed by atoms with E-state index in [1.807, 2.05) is 0 Å². The molecule has 7 heteroatoms. The highest BCUT2D eigenvalue weighted by Crippen LogP contribution is 2.28. The van der Waals surface area contributed by atoms with E-state index in [9.17, 15) is 4.79 Å². The van der Waals surface area contributed by atoms with Gasteiger partial charge in [0.05, 0.1) is 5.02 Å². The van der Waals surface area contributed by atoms with Crippen molar-refractivity contribution in [2.45, 2.75) is 13.5 Å². The van der Waals surface area contributed by atoms with Crippen LogP contribution in [-0.4, -0.2) is 21.2 Å². The van der Waals surface area contributed by atoms with Crippen LogP contribution >= 0.6 is 11.6 Å². The largest absolute Gasteiger partial charge is 0.485 e. The van der Waals surface area contributed by atoms with Crippen molar-refractivity contribution in [2.75, 3.05) is 0 Å². The summed E-state index contributed by atoms with van der Waals surface area (Å²) in [7, 11) is 0. The maximum absolute atomic E-state index is 10.6. The van der Waals surface area contributed by atoms with Gasteiger partial charge in [-0.2, -0.15) is 4.98 Å². The van der Waals surface area contributed by atoms with Gasteiger partial charge in [-0.25, -0.2) is 4.79 Å². The Balaban J connectivity index is 2.18. The van der Waals surface area contributed by atoms with Crippen LogP contribution < -0.4 is 4.74 Å². The van der Waals surface area contributed by atoms with Gasteiger partial charge in [-0.1, -0.05) is 22.8 Å². The van der Waals surface area contributed by atoms with Gasteiger partial charge in [-0.15, -0.1) is 0 Å². The lowest BCUT2D eigenvalue weighted by atomic mass is 10.2. The van der Waals surface area contributed by atoms with Gasteiger partial charge in [-0.05, 0) is 18.2 Å². The van der Waals surface area contributed by atoms with Crippen molar-refractivity contribution in [2.24, 2.45) is 0 Å². The van der Waals surface area contributed by atoms with E-state index < -0.39 is 5.97 Å². The average molecular weight is 295 g/mol. The standard InChI is InChI=1S/C13H11ClN2O4/c1-8-15-12(16-20-8)7-19-11-4-2-3-10(14)9(11)5-6-13(17)18/h2-6H,7H2,1H3,(H,17,18)/b6-5+. The van der Waals surface area contributed by atoms with Crippen molar-refractivity contribution >= 4 is 23.6 Å². The molecule has 1 N–H and O–H groups in total. The molecule has 0 aliphatic heterocycles. The molecular weight excluding hydrogens is 284 g/mol. The Kier molecular flexibility index (Phi) is 4.37. The molecule has 1 heterocycles. The lowest BCUT2D eigenvalue weighted by Crippen LogP contribution is -1.99. The molecule has 2 aromatic rings. The fourth-order valence-corrected chi connectivity index (χ4v) is 1.73. The molecule has 0 saturated carbocycles. The Labute approximate surface area is 119 Å². The molecular formula is C13H11ClN2O4. The van der Waals surface area contributed by atoms with Crippen molar-refractivity contribution in [3.05, 3.63) is 46.6 Å². The summed E-state index contributed by atoms with van der Waals surface area (Å²) in [5.74, 6) is 0.221. The van der Waals surface area contributed by atoms with Gasteiger partial charge in [0.1, 0.15) is 5.75 Å². The molecule has 0 fully saturated rings. The molecule has 104 valence electrons. The average Bonchev–Trinajstić information content (AvgIpc) is 2.81. The third kappa shape index (κ3) is 3.58. The van der Waals surface area contributed by atoms with Crippen molar-refractivity contribution < 1.29 is 19.2 Å². The molecule has 6 nitrogen and oxygen atoms in total. The SMILES string of the molecule is Cc1nc(COc2cccc(Cl)c2/C=C/C(=O)O)no1. The summed E-state index contributed by atoms with van der Waals surface area (Å²) in [5, 5.41) is 12.8. The second-order valence-corrected chi connectivity index (χ2v) is 4.25.